The number of rotatable bonds is 1. The predicted molar refractivity (Wildman–Crippen MR) is 61.2 cm³/mol. The lowest BCUT2D eigenvalue weighted by Crippen LogP contribution is -2.23. The maximum atomic E-state index is 12.5. The number of aliphatic hydroxyl groups is 1. The molecule has 100 valence electrons. The molecule has 1 aromatic heterocycles. The Balaban J connectivity index is 2.36. The van der Waals surface area contributed by atoms with Gasteiger partial charge in [0, 0.05) is 5.56 Å². The van der Waals surface area contributed by atoms with Crippen LogP contribution in [0.15, 0.2) is 12.1 Å². The van der Waals surface area contributed by atoms with Crippen molar-refractivity contribution < 1.29 is 18.3 Å². The largest absolute Gasteiger partial charge is 0.433 e. The van der Waals surface area contributed by atoms with E-state index in [1.165, 1.54) is 6.07 Å². The number of hydrogen-bond acceptors (Lipinski definition) is 2. The van der Waals surface area contributed by atoms with E-state index in [-0.39, 0.29) is 5.15 Å². The molecule has 1 saturated carbocycles. The minimum Gasteiger partial charge on any atom is -0.385 e. The fourth-order valence-electron chi connectivity index (χ4n) is 2.45. The number of halogens is 4. The van der Waals surface area contributed by atoms with Crippen LogP contribution in [-0.4, -0.2) is 10.1 Å². The number of aromatic nitrogens is 1. The average molecular weight is 280 g/mol. The van der Waals surface area contributed by atoms with Gasteiger partial charge in [0.2, 0.25) is 0 Å². The van der Waals surface area contributed by atoms with Crippen LogP contribution in [-0.2, 0) is 11.8 Å². The van der Waals surface area contributed by atoms with Crippen LogP contribution in [0, 0.1) is 5.92 Å². The summed E-state index contributed by atoms with van der Waals surface area (Å²) in [4.78, 5) is 3.34. The van der Waals surface area contributed by atoms with Crippen molar-refractivity contribution >= 4 is 11.6 Å². The molecule has 2 atom stereocenters. The molecule has 6 heteroatoms. The highest BCUT2D eigenvalue weighted by Crippen LogP contribution is 2.44. The Morgan fingerprint density at radius 1 is 1.44 bits per heavy atom. The third kappa shape index (κ3) is 2.47. The van der Waals surface area contributed by atoms with Crippen molar-refractivity contribution in [2.75, 3.05) is 0 Å². The molecule has 0 saturated heterocycles. The summed E-state index contributed by atoms with van der Waals surface area (Å²) in [6.07, 6.45) is -2.69. The fraction of sp³-hybridized carbons (Fsp3) is 0.583. The minimum absolute atomic E-state index is 0.263. The van der Waals surface area contributed by atoms with Gasteiger partial charge in [0.05, 0.1) is 5.60 Å². The zero-order valence-electron chi connectivity index (χ0n) is 9.76. The van der Waals surface area contributed by atoms with Gasteiger partial charge in [0.15, 0.2) is 0 Å². The topological polar surface area (TPSA) is 33.1 Å². The summed E-state index contributed by atoms with van der Waals surface area (Å²) in [6.45, 7) is 1.99. The molecule has 1 fully saturated rings. The average Bonchev–Trinajstić information content (AvgIpc) is 2.58. The Bertz CT molecular complexity index is 463. The zero-order chi connectivity index (χ0) is 13.6. The highest BCUT2D eigenvalue weighted by Gasteiger charge is 2.40. The molecule has 2 unspecified atom stereocenters. The SMILES string of the molecule is CC1CCC(O)(c2ccc(C(F)(F)F)nc2Cl)C1. The Morgan fingerprint density at radius 2 is 2.11 bits per heavy atom. The number of alkyl halides is 3. The van der Waals surface area contributed by atoms with E-state index in [1.807, 2.05) is 6.92 Å². The Labute approximate surface area is 108 Å². The first-order valence-electron chi connectivity index (χ1n) is 5.69. The van der Waals surface area contributed by atoms with Gasteiger partial charge in [-0.05, 0) is 31.2 Å². The van der Waals surface area contributed by atoms with Crippen molar-refractivity contribution in [3.8, 4) is 0 Å². The second-order valence-corrected chi connectivity index (χ2v) is 5.27. The number of pyridine rings is 1. The van der Waals surface area contributed by atoms with E-state index < -0.39 is 17.5 Å². The standard InChI is InChI=1S/C12H13ClF3NO/c1-7-4-5-11(18,6-7)8-2-3-9(12(14,15)16)17-10(8)13/h2-3,7,18H,4-6H2,1H3. The summed E-state index contributed by atoms with van der Waals surface area (Å²) in [6, 6.07) is 2.10. The predicted octanol–water partition coefficient (Wildman–Crippen LogP) is 3.76. The van der Waals surface area contributed by atoms with Crippen LogP contribution < -0.4 is 0 Å². The lowest BCUT2D eigenvalue weighted by atomic mass is 9.92. The lowest BCUT2D eigenvalue weighted by molar-refractivity contribution is -0.141. The highest BCUT2D eigenvalue weighted by atomic mass is 35.5. The molecule has 0 bridgehead atoms. The zero-order valence-corrected chi connectivity index (χ0v) is 10.5. The minimum atomic E-state index is -4.52. The second kappa shape index (κ2) is 4.38. The first-order chi connectivity index (χ1) is 8.22. The van der Waals surface area contributed by atoms with Gasteiger partial charge >= 0.3 is 6.18 Å². The molecular weight excluding hydrogens is 267 g/mol. The van der Waals surface area contributed by atoms with Gasteiger partial charge in [-0.2, -0.15) is 13.2 Å². The molecule has 1 N–H and O–H groups in total. The molecule has 18 heavy (non-hydrogen) atoms. The molecule has 1 aliphatic carbocycles. The van der Waals surface area contributed by atoms with E-state index in [4.69, 9.17) is 11.6 Å². The molecule has 1 aromatic rings. The normalized spacial score (nSPS) is 28.7. The molecule has 0 aromatic carbocycles. The Morgan fingerprint density at radius 3 is 2.56 bits per heavy atom. The van der Waals surface area contributed by atoms with E-state index in [2.05, 4.69) is 4.98 Å². The van der Waals surface area contributed by atoms with Crippen LogP contribution in [0.25, 0.3) is 0 Å². The highest BCUT2D eigenvalue weighted by molar-refractivity contribution is 6.30. The lowest BCUT2D eigenvalue weighted by Gasteiger charge is -2.24. The summed E-state index contributed by atoms with van der Waals surface area (Å²) < 4.78 is 37.4. The maximum absolute atomic E-state index is 12.5. The van der Waals surface area contributed by atoms with Crippen LogP contribution in [0.5, 0.6) is 0 Å². The van der Waals surface area contributed by atoms with Crippen LogP contribution in [0.1, 0.15) is 37.4 Å². The monoisotopic (exact) mass is 279 g/mol. The third-order valence-electron chi connectivity index (χ3n) is 3.38. The molecule has 0 amide bonds. The first-order valence-corrected chi connectivity index (χ1v) is 6.07. The molecule has 1 aliphatic rings. The summed E-state index contributed by atoms with van der Waals surface area (Å²) in [5.74, 6) is 0.327. The molecule has 2 nitrogen and oxygen atoms in total. The van der Waals surface area contributed by atoms with Gasteiger partial charge in [-0.25, -0.2) is 4.98 Å². The molecule has 0 aliphatic heterocycles. The molecular formula is C12H13ClF3NO. The van der Waals surface area contributed by atoms with Crippen molar-refractivity contribution in [2.45, 2.75) is 38.0 Å². The summed E-state index contributed by atoms with van der Waals surface area (Å²) in [7, 11) is 0. The fourth-order valence-corrected chi connectivity index (χ4v) is 2.78. The van der Waals surface area contributed by atoms with Crippen LogP contribution in [0.2, 0.25) is 5.15 Å². The van der Waals surface area contributed by atoms with Gasteiger partial charge in [0.1, 0.15) is 10.8 Å². The summed E-state index contributed by atoms with van der Waals surface area (Å²) in [5.41, 5.74) is -1.89. The van der Waals surface area contributed by atoms with Gasteiger partial charge in [-0.1, -0.05) is 24.6 Å². The van der Waals surface area contributed by atoms with Crippen molar-refractivity contribution in [3.63, 3.8) is 0 Å². The van der Waals surface area contributed by atoms with Crippen molar-refractivity contribution in [1.29, 1.82) is 0 Å². The van der Waals surface area contributed by atoms with Crippen molar-refractivity contribution in [3.05, 3.63) is 28.5 Å². The van der Waals surface area contributed by atoms with Gasteiger partial charge in [-0.3, -0.25) is 0 Å². The Kier molecular flexibility index (Phi) is 3.32. The van der Waals surface area contributed by atoms with E-state index in [0.717, 1.165) is 12.5 Å². The molecule has 0 radical (unpaired) electrons. The van der Waals surface area contributed by atoms with E-state index in [9.17, 15) is 18.3 Å². The van der Waals surface area contributed by atoms with Gasteiger partial charge in [-0.15, -0.1) is 0 Å². The van der Waals surface area contributed by atoms with E-state index in [0.29, 0.717) is 24.3 Å². The van der Waals surface area contributed by atoms with Crippen LogP contribution in [0.4, 0.5) is 13.2 Å². The number of nitrogens with zero attached hydrogens (tertiary/aromatic N) is 1. The maximum Gasteiger partial charge on any atom is 0.433 e. The molecule has 2 rings (SSSR count). The van der Waals surface area contributed by atoms with Gasteiger partial charge < -0.3 is 5.11 Å². The summed E-state index contributed by atoms with van der Waals surface area (Å²) >= 11 is 5.78. The quantitative estimate of drug-likeness (QED) is 0.794. The van der Waals surface area contributed by atoms with Crippen LogP contribution in [0.3, 0.4) is 0 Å². The third-order valence-corrected chi connectivity index (χ3v) is 3.67. The first kappa shape index (κ1) is 13.6. The van der Waals surface area contributed by atoms with Crippen LogP contribution >= 0.6 is 11.6 Å². The molecule has 1 heterocycles. The smallest absolute Gasteiger partial charge is 0.385 e. The Hall–Kier alpha value is -0.810. The van der Waals surface area contributed by atoms with Gasteiger partial charge in [0.25, 0.3) is 0 Å². The second-order valence-electron chi connectivity index (χ2n) is 4.91. The van der Waals surface area contributed by atoms with Crippen molar-refractivity contribution in [1.82, 2.24) is 4.98 Å². The van der Waals surface area contributed by atoms with E-state index in [1.54, 1.807) is 0 Å². The molecule has 0 spiro atoms. The van der Waals surface area contributed by atoms with Crippen molar-refractivity contribution in [2.24, 2.45) is 5.92 Å². The number of hydrogen-bond donors (Lipinski definition) is 1. The van der Waals surface area contributed by atoms with E-state index >= 15 is 0 Å². The summed E-state index contributed by atoms with van der Waals surface area (Å²) in [5, 5.41) is 10.1.